The van der Waals surface area contributed by atoms with Gasteiger partial charge in [-0.3, -0.25) is 9.55 Å². The van der Waals surface area contributed by atoms with Crippen LogP contribution in [0.2, 0.25) is 5.02 Å². The lowest BCUT2D eigenvalue weighted by Crippen LogP contribution is -2.06. The molecule has 142 valence electrons. The second-order valence-electron chi connectivity index (χ2n) is 5.84. The molecule has 0 spiro atoms. The maximum absolute atomic E-state index is 6.12. The molecule has 0 atom stereocenters. The third kappa shape index (κ3) is 4.37. The minimum atomic E-state index is 0.504. The highest BCUT2D eigenvalue weighted by molar-refractivity contribution is 7.99. The van der Waals surface area contributed by atoms with E-state index in [2.05, 4.69) is 15.2 Å². The van der Waals surface area contributed by atoms with E-state index in [4.69, 9.17) is 20.8 Å². The predicted octanol–water partition coefficient (Wildman–Crippen LogP) is 4.81. The first-order valence-corrected chi connectivity index (χ1v) is 10.0. The molecule has 0 aliphatic rings. The number of hydrogen-bond acceptors (Lipinski definition) is 6. The summed E-state index contributed by atoms with van der Waals surface area (Å²) in [7, 11) is 0. The normalized spacial score (nSPS) is 10.9. The van der Waals surface area contributed by atoms with Crippen molar-refractivity contribution in [1.29, 1.82) is 0 Å². The average molecular weight is 413 g/mol. The third-order valence-electron chi connectivity index (χ3n) is 3.94. The van der Waals surface area contributed by atoms with Crippen molar-refractivity contribution in [3.05, 3.63) is 78.0 Å². The summed E-state index contributed by atoms with van der Waals surface area (Å²) in [6.07, 6.45) is 5.17. The molecule has 0 amide bonds. The predicted molar refractivity (Wildman–Crippen MR) is 109 cm³/mol. The van der Waals surface area contributed by atoms with Crippen molar-refractivity contribution in [3.8, 4) is 17.1 Å². The number of rotatable bonds is 8. The summed E-state index contributed by atoms with van der Waals surface area (Å²) in [5.41, 5.74) is 0.903. The minimum Gasteiger partial charge on any atom is -0.491 e. The Balaban J connectivity index is 1.48. The van der Waals surface area contributed by atoms with Crippen molar-refractivity contribution in [2.24, 2.45) is 0 Å². The van der Waals surface area contributed by atoms with Crippen LogP contribution in [0, 0.1) is 0 Å². The van der Waals surface area contributed by atoms with E-state index in [-0.39, 0.29) is 0 Å². The second kappa shape index (κ2) is 8.95. The molecule has 0 unspecified atom stereocenters. The Kier molecular flexibility index (Phi) is 5.94. The van der Waals surface area contributed by atoms with E-state index in [0.717, 1.165) is 22.3 Å². The van der Waals surface area contributed by atoms with E-state index in [9.17, 15) is 0 Å². The van der Waals surface area contributed by atoms with Crippen LogP contribution in [0.5, 0.6) is 5.75 Å². The number of hydrogen-bond donors (Lipinski definition) is 0. The van der Waals surface area contributed by atoms with Crippen molar-refractivity contribution in [2.45, 2.75) is 11.7 Å². The first-order chi connectivity index (χ1) is 13.8. The van der Waals surface area contributed by atoms with Crippen LogP contribution >= 0.6 is 23.4 Å². The standard InChI is InChI=1S/C20H17ClN4O2S/c21-17-7-1-2-8-18(17)27-11-12-28-20-24-23-19(15-5-3-9-22-13-15)25(20)14-16-6-4-10-26-16/h1-10,13H,11-12,14H2. The molecule has 8 heteroatoms. The lowest BCUT2D eigenvalue weighted by molar-refractivity contribution is 0.344. The summed E-state index contributed by atoms with van der Waals surface area (Å²) in [6, 6.07) is 15.1. The summed E-state index contributed by atoms with van der Waals surface area (Å²) in [5.74, 6) is 2.96. The van der Waals surface area contributed by atoms with Crippen molar-refractivity contribution in [1.82, 2.24) is 19.7 Å². The second-order valence-corrected chi connectivity index (χ2v) is 7.31. The van der Waals surface area contributed by atoms with Crippen molar-refractivity contribution >= 4 is 23.4 Å². The number of halogens is 1. The van der Waals surface area contributed by atoms with Crippen molar-refractivity contribution in [2.75, 3.05) is 12.4 Å². The molecular formula is C20H17ClN4O2S. The number of pyridine rings is 1. The Morgan fingerprint density at radius 3 is 2.79 bits per heavy atom. The van der Waals surface area contributed by atoms with Gasteiger partial charge in [0, 0.05) is 23.7 Å². The maximum Gasteiger partial charge on any atom is 0.192 e. The molecule has 0 fully saturated rings. The Morgan fingerprint density at radius 2 is 2.00 bits per heavy atom. The number of nitrogens with zero attached hydrogens (tertiary/aromatic N) is 4. The molecule has 0 saturated carbocycles. The van der Waals surface area contributed by atoms with Gasteiger partial charge >= 0.3 is 0 Å². The van der Waals surface area contributed by atoms with Crippen molar-refractivity contribution in [3.63, 3.8) is 0 Å². The highest BCUT2D eigenvalue weighted by Crippen LogP contribution is 2.26. The number of para-hydroxylation sites is 1. The van der Waals surface area contributed by atoms with Gasteiger partial charge in [0.05, 0.1) is 24.4 Å². The van der Waals surface area contributed by atoms with E-state index < -0.39 is 0 Å². The van der Waals surface area contributed by atoms with Crippen LogP contribution in [-0.2, 0) is 6.54 Å². The molecule has 1 aromatic carbocycles. The van der Waals surface area contributed by atoms with Gasteiger partial charge in [0.15, 0.2) is 11.0 Å². The number of ether oxygens (including phenoxy) is 1. The molecule has 3 aromatic heterocycles. The molecule has 0 saturated heterocycles. The topological polar surface area (TPSA) is 66.0 Å². The molecular weight excluding hydrogens is 396 g/mol. The average Bonchev–Trinajstić information content (AvgIpc) is 3.38. The lowest BCUT2D eigenvalue weighted by atomic mass is 10.2. The number of thioether (sulfide) groups is 1. The highest BCUT2D eigenvalue weighted by atomic mass is 35.5. The molecule has 28 heavy (non-hydrogen) atoms. The highest BCUT2D eigenvalue weighted by Gasteiger charge is 2.16. The van der Waals surface area contributed by atoms with Gasteiger partial charge in [-0.2, -0.15) is 0 Å². The molecule has 6 nitrogen and oxygen atoms in total. The number of aromatic nitrogens is 4. The van der Waals surface area contributed by atoms with Gasteiger partial charge in [-0.05, 0) is 36.4 Å². The fraction of sp³-hybridized carbons (Fsp3) is 0.150. The summed E-state index contributed by atoms with van der Waals surface area (Å²) < 4.78 is 13.3. The first-order valence-electron chi connectivity index (χ1n) is 8.67. The van der Waals surface area contributed by atoms with Gasteiger partial charge in [-0.15, -0.1) is 10.2 Å². The Morgan fingerprint density at radius 1 is 1.07 bits per heavy atom. The van der Waals surface area contributed by atoms with E-state index in [1.165, 1.54) is 0 Å². The summed E-state index contributed by atoms with van der Waals surface area (Å²) in [6.45, 7) is 1.04. The zero-order chi connectivity index (χ0) is 19.2. The molecule has 0 radical (unpaired) electrons. The van der Waals surface area contributed by atoms with Crippen LogP contribution in [0.15, 0.2) is 76.8 Å². The SMILES string of the molecule is Clc1ccccc1OCCSc1nnc(-c2cccnc2)n1Cc1ccco1. The van der Waals surface area contributed by atoms with E-state index in [1.54, 1.807) is 30.4 Å². The summed E-state index contributed by atoms with van der Waals surface area (Å²) in [5, 5.41) is 10.1. The van der Waals surface area contributed by atoms with Gasteiger partial charge in [0.1, 0.15) is 11.5 Å². The maximum atomic E-state index is 6.12. The number of furan rings is 1. The zero-order valence-electron chi connectivity index (χ0n) is 14.9. The van der Waals surface area contributed by atoms with Crippen LogP contribution in [-0.4, -0.2) is 32.1 Å². The van der Waals surface area contributed by atoms with Crippen molar-refractivity contribution < 1.29 is 9.15 Å². The lowest BCUT2D eigenvalue weighted by Gasteiger charge is -2.10. The van der Waals surface area contributed by atoms with Gasteiger partial charge in [0.25, 0.3) is 0 Å². The number of benzene rings is 1. The molecule has 0 aliphatic heterocycles. The van der Waals surface area contributed by atoms with Gasteiger partial charge in [-0.1, -0.05) is 35.5 Å². The van der Waals surface area contributed by atoms with E-state index in [1.807, 2.05) is 53.1 Å². The van der Waals surface area contributed by atoms with Crippen LogP contribution in [0.25, 0.3) is 11.4 Å². The first kappa shape index (κ1) is 18.6. The minimum absolute atomic E-state index is 0.504. The molecule has 0 bridgehead atoms. The molecule has 4 aromatic rings. The van der Waals surface area contributed by atoms with Crippen LogP contribution in [0.4, 0.5) is 0 Å². The Bertz CT molecular complexity index is 1020. The van der Waals surface area contributed by atoms with Crippen LogP contribution in [0.1, 0.15) is 5.76 Å². The van der Waals surface area contributed by atoms with Crippen LogP contribution < -0.4 is 4.74 Å². The fourth-order valence-electron chi connectivity index (χ4n) is 2.65. The van der Waals surface area contributed by atoms with Gasteiger partial charge in [-0.25, -0.2) is 0 Å². The molecule has 0 aliphatic carbocycles. The molecule has 0 N–H and O–H groups in total. The molecule has 3 heterocycles. The zero-order valence-corrected chi connectivity index (χ0v) is 16.4. The third-order valence-corrected chi connectivity index (χ3v) is 5.18. The van der Waals surface area contributed by atoms with Gasteiger partial charge < -0.3 is 9.15 Å². The molecule has 4 rings (SSSR count). The Hall–Kier alpha value is -2.77. The quantitative estimate of drug-likeness (QED) is 0.306. The summed E-state index contributed by atoms with van der Waals surface area (Å²) in [4.78, 5) is 4.18. The summed E-state index contributed by atoms with van der Waals surface area (Å²) >= 11 is 7.69. The van der Waals surface area contributed by atoms with E-state index >= 15 is 0 Å². The van der Waals surface area contributed by atoms with E-state index in [0.29, 0.717) is 29.7 Å². The smallest absolute Gasteiger partial charge is 0.192 e. The largest absolute Gasteiger partial charge is 0.491 e. The monoisotopic (exact) mass is 412 g/mol. The Labute approximate surface area is 171 Å². The fourth-order valence-corrected chi connectivity index (χ4v) is 3.60. The van der Waals surface area contributed by atoms with Crippen LogP contribution in [0.3, 0.4) is 0 Å². The van der Waals surface area contributed by atoms with Gasteiger partial charge in [0.2, 0.25) is 0 Å².